The number of unbranched alkanes of at least 4 members (excludes halogenated alkanes) is 28. The number of hydrogen-bond donors (Lipinski definition) is 1. The van der Waals surface area contributed by atoms with Crippen LogP contribution in [0.5, 0.6) is 0 Å². The number of phosphoric ester groups is 1. The van der Waals surface area contributed by atoms with Crippen molar-refractivity contribution in [2.24, 2.45) is 0 Å². The second kappa shape index (κ2) is 58.6. The van der Waals surface area contributed by atoms with Gasteiger partial charge in [-0.25, -0.2) is 4.57 Å². The van der Waals surface area contributed by atoms with Crippen LogP contribution in [0.15, 0.2) is 97.2 Å². The predicted octanol–water partition coefficient (Wildman–Crippen LogP) is 20.4. The molecule has 0 saturated heterocycles. The van der Waals surface area contributed by atoms with E-state index >= 15 is 0 Å². The highest BCUT2D eigenvalue weighted by Crippen LogP contribution is 2.43. The first-order chi connectivity index (χ1) is 38.0. The van der Waals surface area contributed by atoms with Gasteiger partial charge in [0.05, 0.1) is 27.7 Å². The fraction of sp³-hybridized carbons (Fsp3) is 0.735. The second-order valence-electron chi connectivity index (χ2n) is 22.4. The fourth-order valence-electron chi connectivity index (χ4n) is 8.72. The number of carbonyl (C=O) groups excluding carboxylic acids is 2. The van der Waals surface area contributed by atoms with E-state index in [1.54, 1.807) is 0 Å². The number of likely N-dealkylation sites (N-methyl/N-ethyl adjacent to an activating group) is 1. The standard InChI is InChI=1S/C68H120NO8P/c1-6-8-10-12-14-16-18-20-22-24-26-27-28-29-30-31-32-33-34-35-36-37-38-39-40-41-43-44-46-48-50-52-54-56-58-60-67(70)74-64-66(65-76-78(72,73)75-63-62-69(3,4)5)77-68(71)61-59-57-55-53-51-49-47-45-42-25-23-21-19-17-15-13-11-9-7-2/h9,11,15,17-18,20-21,23-24,26,42,45,49,51,55,57,66H,6-8,10,12-14,16,19,22,25,27-41,43-44,46-48,50,52-54,56,58-65H2,1-5H3/p+1/b11-9-,17-15-,20-18-,23-21-,26-24-,45-42-,51-49-,57-55-. The van der Waals surface area contributed by atoms with Gasteiger partial charge in [-0.3, -0.25) is 18.6 Å². The van der Waals surface area contributed by atoms with Crippen LogP contribution in [0.4, 0.5) is 0 Å². The Morgan fingerprint density at radius 1 is 0.410 bits per heavy atom. The molecule has 0 aromatic carbocycles. The highest BCUT2D eigenvalue weighted by molar-refractivity contribution is 7.47. The van der Waals surface area contributed by atoms with E-state index in [0.717, 1.165) is 64.2 Å². The summed E-state index contributed by atoms with van der Waals surface area (Å²) >= 11 is 0. The molecule has 0 bridgehead atoms. The fourth-order valence-corrected chi connectivity index (χ4v) is 9.46. The minimum absolute atomic E-state index is 0.0148. The van der Waals surface area contributed by atoms with Crippen molar-refractivity contribution in [2.75, 3.05) is 47.5 Å². The number of allylic oxidation sites excluding steroid dienone is 16. The van der Waals surface area contributed by atoms with E-state index < -0.39 is 26.5 Å². The van der Waals surface area contributed by atoms with Crippen LogP contribution >= 0.6 is 7.82 Å². The van der Waals surface area contributed by atoms with Gasteiger partial charge < -0.3 is 18.9 Å². The van der Waals surface area contributed by atoms with Crippen LogP contribution in [0, 0.1) is 0 Å². The van der Waals surface area contributed by atoms with Crippen molar-refractivity contribution in [3.05, 3.63) is 97.2 Å². The molecule has 0 spiro atoms. The minimum Gasteiger partial charge on any atom is -0.462 e. The molecule has 0 radical (unpaired) electrons. The van der Waals surface area contributed by atoms with E-state index in [1.807, 2.05) is 33.3 Å². The van der Waals surface area contributed by atoms with Gasteiger partial charge in [0.1, 0.15) is 19.8 Å². The molecular weight excluding hydrogens is 990 g/mol. The summed E-state index contributed by atoms with van der Waals surface area (Å²) < 4.78 is 34.5. The lowest BCUT2D eigenvalue weighted by atomic mass is 10.0. The van der Waals surface area contributed by atoms with Gasteiger partial charge in [0.2, 0.25) is 0 Å². The summed E-state index contributed by atoms with van der Waals surface area (Å²) in [4.78, 5) is 35.7. The van der Waals surface area contributed by atoms with Crippen LogP contribution in [-0.2, 0) is 32.7 Å². The van der Waals surface area contributed by atoms with Crippen LogP contribution in [0.2, 0.25) is 0 Å². The molecular formula is C68H121NO8P+. The molecule has 0 aliphatic rings. The van der Waals surface area contributed by atoms with Gasteiger partial charge >= 0.3 is 19.8 Å². The van der Waals surface area contributed by atoms with Crippen molar-refractivity contribution < 1.29 is 42.1 Å². The molecule has 0 aromatic rings. The van der Waals surface area contributed by atoms with E-state index in [1.165, 1.54) is 173 Å². The van der Waals surface area contributed by atoms with Crippen molar-refractivity contribution >= 4 is 19.8 Å². The quantitative estimate of drug-likeness (QED) is 0.0211. The number of phosphoric acid groups is 1. The number of hydrogen-bond acceptors (Lipinski definition) is 7. The summed E-state index contributed by atoms with van der Waals surface area (Å²) in [7, 11) is 1.43. The molecule has 0 fully saturated rings. The van der Waals surface area contributed by atoms with Crippen LogP contribution < -0.4 is 0 Å². The molecule has 0 heterocycles. The Bertz CT molecular complexity index is 1640. The third-order valence-corrected chi connectivity index (χ3v) is 14.6. The molecule has 0 aliphatic carbocycles. The van der Waals surface area contributed by atoms with E-state index in [2.05, 4.69) is 98.9 Å². The van der Waals surface area contributed by atoms with Gasteiger partial charge in [0.25, 0.3) is 0 Å². The smallest absolute Gasteiger partial charge is 0.462 e. The third kappa shape index (κ3) is 62.1. The molecule has 10 heteroatoms. The molecule has 450 valence electrons. The molecule has 0 saturated carbocycles. The van der Waals surface area contributed by atoms with Gasteiger partial charge in [0, 0.05) is 12.8 Å². The summed E-state index contributed by atoms with van der Waals surface area (Å²) in [6.07, 6.45) is 81.0. The van der Waals surface area contributed by atoms with Crippen LogP contribution in [-0.4, -0.2) is 74.9 Å². The third-order valence-electron chi connectivity index (χ3n) is 13.6. The SMILES string of the molecule is CC/C=C\C/C=C\C/C=C\C/C=C\C/C=C\C/C=C\CCC(=O)OC(COC(=O)CCCCCCCCCCCCCCCCCCCCCCCCC/C=C\C/C=C\CCCCCCC)COP(=O)(O)OCC[N+](C)(C)C. The molecule has 78 heavy (non-hydrogen) atoms. The number of quaternary nitrogens is 1. The number of carbonyl (C=O) groups is 2. The molecule has 2 atom stereocenters. The molecule has 0 amide bonds. The summed E-state index contributed by atoms with van der Waals surface area (Å²) in [5.74, 6) is -0.892. The zero-order valence-corrected chi connectivity index (χ0v) is 52.0. The zero-order valence-electron chi connectivity index (χ0n) is 51.1. The molecule has 9 nitrogen and oxygen atoms in total. The van der Waals surface area contributed by atoms with Gasteiger partial charge in [-0.1, -0.05) is 272 Å². The average molecular weight is 1110 g/mol. The zero-order chi connectivity index (χ0) is 57.0. The number of nitrogens with zero attached hydrogens (tertiary/aromatic N) is 1. The summed E-state index contributed by atoms with van der Waals surface area (Å²) in [6, 6.07) is 0. The molecule has 0 rings (SSSR count). The molecule has 1 N–H and O–H groups in total. The largest absolute Gasteiger partial charge is 0.472 e. The highest BCUT2D eigenvalue weighted by Gasteiger charge is 2.27. The Labute approximate surface area is 481 Å². The summed E-state index contributed by atoms with van der Waals surface area (Å²) in [5, 5.41) is 0. The molecule has 0 aromatic heterocycles. The van der Waals surface area contributed by atoms with E-state index in [0.29, 0.717) is 17.4 Å². The monoisotopic (exact) mass is 1110 g/mol. The Morgan fingerprint density at radius 3 is 1.14 bits per heavy atom. The summed E-state index contributed by atoms with van der Waals surface area (Å²) in [6.45, 7) is 4.24. The number of rotatable bonds is 58. The Hall–Kier alpha value is -3.07. The predicted molar refractivity (Wildman–Crippen MR) is 335 cm³/mol. The van der Waals surface area contributed by atoms with Crippen LogP contribution in [0.1, 0.15) is 271 Å². The van der Waals surface area contributed by atoms with Gasteiger partial charge in [0.15, 0.2) is 6.10 Å². The Morgan fingerprint density at radius 2 is 0.756 bits per heavy atom. The Balaban J connectivity index is 4.05. The summed E-state index contributed by atoms with van der Waals surface area (Å²) in [5.41, 5.74) is 0. The molecule has 0 aliphatic heterocycles. The first-order valence-corrected chi connectivity index (χ1v) is 33.5. The lowest BCUT2D eigenvalue weighted by Crippen LogP contribution is -2.37. The highest BCUT2D eigenvalue weighted by atomic mass is 31.2. The minimum atomic E-state index is -4.41. The van der Waals surface area contributed by atoms with E-state index in [4.69, 9.17) is 18.5 Å². The topological polar surface area (TPSA) is 108 Å². The van der Waals surface area contributed by atoms with Gasteiger partial charge in [-0.15, -0.1) is 0 Å². The van der Waals surface area contributed by atoms with Crippen molar-refractivity contribution in [1.29, 1.82) is 0 Å². The first-order valence-electron chi connectivity index (χ1n) is 32.0. The Kier molecular flexibility index (Phi) is 56.3. The normalized spacial score (nSPS) is 13.9. The van der Waals surface area contributed by atoms with Crippen LogP contribution in [0.3, 0.4) is 0 Å². The van der Waals surface area contributed by atoms with E-state index in [9.17, 15) is 19.0 Å². The number of ether oxygens (including phenoxy) is 2. The molecule has 2 unspecified atom stereocenters. The van der Waals surface area contributed by atoms with Crippen molar-refractivity contribution in [1.82, 2.24) is 0 Å². The maximum atomic E-state index is 12.8. The number of esters is 2. The van der Waals surface area contributed by atoms with Crippen molar-refractivity contribution in [3.8, 4) is 0 Å². The maximum Gasteiger partial charge on any atom is 0.472 e. The lowest BCUT2D eigenvalue weighted by molar-refractivity contribution is -0.870. The lowest BCUT2D eigenvalue weighted by Gasteiger charge is -2.24. The van der Waals surface area contributed by atoms with Crippen molar-refractivity contribution in [3.63, 3.8) is 0 Å². The van der Waals surface area contributed by atoms with Gasteiger partial charge in [-0.2, -0.15) is 0 Å². The van der Waals surface area contributed by atoms with Gasteiger partial charge in [-0.05, 0) is 83.5 Å². The van der Waals surface area contributed by atoms with Crippen LogP contribution in [0.25, 0.3) is 0 Å². The first kappa shape index (κ1) is 74.9. The maximum absolute atomic E-state index is 12.8. The second-order valence-corrected chi connectivity index (χ2v) is 23.9. The van der Waals surface area contributed by atoms with Crippen molar-refractivity contribution in [2.45, 2.75) is 277 Å². The average Bonchev–Trinajstić information content (AvgIpc) is 3.41. The van der Waals surface area contributed by atoms with E-state index in [-0.39, 0.29) is 32.0 Å².